The van der Waals surface area contributed by atoms with Crippen molar-refractivity contribution in [3.8, 4) is 0 Å². The molecule has 0 saturated carbocycles. The van der Waals surface area contributed by atoms with Gasteiger partial charge in [-0.15, -0.1) is 5.10 Å². The largest absolute Gasteiger partial charge is 0.445 e. The number of ether oxygens (including phenoxy) is 1. The van der Waals surface area contributed by atoms with Crippen LogP contribution in [0.1, 0.15) is 17.3 Å². The van der Waals surface area contributed by atoms with E-state index in [0.29, 0.717) is 29.0 Å². The van der Waals surface area contributed by atoms with Crippen molar-refractivity contribution in [2.45, 2.75) is 12.5 Å². The van der Waals surface area contributed by atoms with Crippen molar-refractivity contribution in [2.24, 2.45) is 0 Å². The number of halogens is 1. The molecule has 0 atom stereocenters. The molecule has 1 fully saturated rings. The summed E-state index contributed by atoms with van der Waals surface area (Å²) in [5.41, 5.74) is 6.47. The van der Waals surface area contributed by atoms with E-state index in [4.69, 9.17) is 10.5 Å². The van der Waals surface area contributed by atoms with E-state index in [1.807, 2.05) is 30.3 Å². The third kappa shape index (κ3) is 2.92. The molecule has 4 rings (SSSR count). The predicted molar refractivity (Wildman–Crippen MR) is 96.7 cm³/mol. The maximum atomic E-state index is 12.1. The minimum Gasteiger partial charge on any atom is -0.445 e. The smallest absolute Gasteiger partial charge is 0.410 e. The molecule has 1 aromatic carbocycles. The number of nitrogens with one attached hydrogen (secondary N) is 1. The quantitative estimate of drug-likeness (QED) is 0.664. The molecule has 1 saturated heterocycles. The van der Waals surface area contributed by atoms with Gasteiger partial charge < -0.3 is 15.4 Å². The topological polar surface area (TPSA) is 119 Å². The summed E-state index contributed by atoms with van der Waals surface area (Å²) in [6.45, 7) is 1.10. The first-order valence-electron chi connectivity index (χ1n) is 7.92. The summed E-state index contributed by atoms with van der Waals surface area (Å²) >= 11 is 3.27. The molecule has 134 valence electrons. The summed E-state index contributed by atoms with van der Waals surface area (Å²) in [5.74, 6) is 0.538. The van der Waals surface area contributed by atoms with Crippen LogP contribution in [-0.2, 0) is 11.3 Å². The number of imidazole rings is 1. The van der Waals surface area contributed by atoms with Crippen LogP contribution < -0.4 is 11.3 Å². The molecule has 3 aromatic rings. The minimum atomic E-state index is -0.379. The molecule has 0 bridgehead atoms. The van der Waals surface area contributed by atoms with E-state index in [-0.39, 0.29) is 30.1 Å². The molecule has 10 heteroatoms. The molecule has 1 aliphatic rings. The van der Waals surface area contributed by atoms with E-state index in [1.54, 1.807) is 4.90 Å². The molecule has 9 nitrogen and oxygen atoms in total. The number of carbonyl (C=O) groups is 1. The third-order valence-corrected chi connectivity index (χ3v) is 4.76. The van der Waals surface area contributed by atoms with Crippen LogP contribution in [-0.4, -0.2) is 43.7 Å². The number of nitrogens with zero attached hydrogens (tertiary/aromatic N) is 4. The number of anilines is 1. The van der Waals surface area contributed by atoms with E-state index in [2.05, 4.69) is 31.0 Å². The standard InChI is InChI=1S/C16H15BrN6O3/c17-12-11-14(24)20-15(18)21-23(11)13(19-12)10-6-22(7-10)16(25)26-8-9-4-2-1-3-5-9/h1-5,10H,6-8H2,(H3,18,20,21,24). The Labute approximate surface area is 155 Å². The lowest BCUT2D eigenvalue weighted by molar-refractivity contribution is 0.0647. The first-order chi connectivity index (χ1) is 12.5. The molecule has 0 radical (unpaired) electrons. The Bertz CT molecular complexity index is 1030. The number of nitrogen functional groups attached to an aromatic ring is 1. The van der Waals surface area contributed by atoms with Gasteiger partial charge in [-0.1, -0.05) is 30.3 Å². The van der Waals surface area contributed by atoms with Crippen LogP contribution in [0.5, 0.6) is 0 Å². The van der Waals surface area contributed by atoms with Crippen molar-refractivity contribution < 1.29 is 9.53 Å². The third-order valence-electron chi connectivity index (χ3n) is 4.21. The highest BCUT2D eigenvalue weighted by Crippen LogP contribution is 2.29. The van der Waals surface area contributed by atoms with Crippen LogP contribution in [0.2, 0.25) is 0 Å². The number of hydrogen-bond acceptors (Lipinski definition) is 6. The second-order valence-electron chi connectivity index (χ2n) is 6.00. The first-order valence-corrected chi connectivity index (χ1v) is 8.72. The van der Waals surface area contributed by atoms with Crippen LogP contribution in [0.4, 0.5) is 10.7 Å². The molecule has 2 aromatic heterocycles. The van der Waals surface area contributed by atoms with Gasteiger partial charge in [-0.2, -0.15) is 0 Å². The summed E-state index contributed by atoms with van der Waals surface area (Å²) in [4.78, 5) is 32.5. The van der Waals surface area contributed by atoms with E-state index >= 15 is 0 Å². The second kappa shape index (κ2) is 6.45. The van der Waals surface area contributed by atoms with Crippen LogP contribution in [0.3, 0.4) is 0 Å². The predicted octanol–water partition coefficient (Wildman–Crippen LogP) is 1.50. The van der Waals surface area contributed by atoms with Gasteiger partial charge in [-0.25, -0.2) is 14.3 Å². The van der Waals surface area contributed by atoms with Gasteiger partial charge in [0.1, 0.15) is 17.0 Å². The number of amides is 1. The monoisotopic (exact) mass is 418 g/mol. The fraction of sp³-hybridized carbons (Fsp3) is 0.250. The van der Waals surface area contributed by atoms with E-state index < -0.39 is 0 Å². The molecule has 1 aliphatic heterocycles. The summed E-state index contributed by atoms with van der Waals surface area (Å²) < 4.78 is 7.13. The molecule has 26 heavy (non-hydrogen) atoms. The first kappa shape index (κ1) is 16.6. The number of hydrogen-bond donors (Lipinski definition) is 2. The number of fused-ring (bicyclic) bond motifs is 1. The Kier molecular flexibility index (Phi) is 4.11. The van der Waals surface area contributed by atoms with Crippen LogP contribution in [0, 0.1) is 0 Å². The number of aromatic nitrogens is 4. The number of H-pyrrole nitrogens is 1. The molecule has 0 unspecified atom stereocenters. The number of likely N-dealkylation sites (tertiary alicyclic amines) is 1. The highest BCUT2D eigenvalue weighted by atomic mass is 79.9. The van der Waals surface area contributed by atoms with Gasteiger partial charge in [-0.3, -0.25) is 9.78 Å². The van der Waals surface area contributed by atoms with Crippen molar-refractivity contribution in [1.29, 1.82) is 0 Å². The van der Waals surface area contributed by atoms with Gasteiger partial charge in [0.05, 0.1) is 5.92 Å². The van der Waals surface area contributed by atoms with Crippen molar-refractivity contribution in [1.82, 2.24) is 24.5 Å². The van der Waals surface area contributed by atoms with Gasteiger partial charge in [0.25, 0.3) is 5.56 Å². The van der Waals surface area contributed by atoms with E-state index in [0.717, 1.165) is 5.56 Å². The van der Waals surface area contributed by atoms with E-state index in [9.17, 15) is 9.59 Å². The SMILES string of the molecule is Nc1nn2c(C3CN(C(=O)OCc4ccccc4)C3)nc(Br)c2c(=O)[nH]1. The lowest BCUT2D eigenvalue weighted by Crippen LogP contribution is -2.49. The van der Waals surface area contributed by atoms with Gasteiger partial charge in [0, 0.05) is 13.1 Å². The van der Waals surface area contributed by atoms with Crippen molar-refractivity contribution in [2.75, 3.05) is 18.8 Å². The maximum absolute atomic E-state index is 12.1. The molecule has 0 aliphatic carbocycles. The van der Waals surface area contributed by atoms with Gasteiger partial charge in [0.15, 0.2) is 5.52 Å². The zero-order chi connectivity index (χ0) is 18.3. The average Bonchev–Trinajstić information content (AvgIpc) is 2.89. The molecule has 3 N–H and O–H groups in total. The van der Waals surface area contributed by atoms with Crippen LogP contribution >= 0.6 is 15.9 Å². The summed E-state index contributed by atoms with van der Waals surface area (Å²) in [7, 11) is 0. The normalized spacial score (nSPS) is 14.4. The highest BCUT2D eigenvalue weighted by Gasteiger charge is 2.36. The Morgan fingerprint density at radius 1 is 1.35 bits per heavy atom. The molecule has 3 heterocycles. The van der Waals surface area contributed by atoms with Gasteiger partial charge in [-0.05, 0) is 21.5 Å². The number of nitrogens with two attached hydrogens (primary N) is 1. The lowest BCUT2D eigenvalue weighted by atomic mass is 10.0. The summed E-state index contributed by atoms with van der Waals surface area (Å²) in [6.07, 6.45) is -0.379. The number of rotatable bonds is 3. The van der Waals surface area contributed by atoms with E-state index in [1.165, 1.54) is 4.52 Å². The second-order valence-corrected chi connectivity index (χ2v) is 6.75. The maximum Gasteiger partial charge on any atom is 0.410 e. The Morgan fingerprint density at radius 3 is 2.81 bits per heavy atom. The van der Waals surface area contributed by atoms with Gasteiger partial charge >= 0.3 is 6.09 Å². The van der Waals surface area contributed by atoms with Gasteiger partial charge in [0.2, 0.25) is 5.95 Å². The molecular formula is C16H15BrN6O3. The number of aromatic amines is 1. The lowest BCUT2D eigenvalue weighted by Gasteiger charge is -2.37. The van der Waals surface area contributed by atoms with Crippen molar-refractivity contribution >= 4 is 33.5 Å². The Morgan fingerprint density at radius 2 is 2.08 bits per heavy atom. The Hall–Kier alpha value is -2.88. The summed E-state index contributed by atoms with van der Waals surface area (Å²) in [5, 5.41) is 4.12. The summed E-state index contributed by atoms with van der Waals surface area (Å²) in [6, 6.07) is 9.49. The van der Waals surface area contributed by atoms with Crippen LogP contribution in [0.15, 0.2) is 39.7 Å². The minimum absolute atomic E-state index is 0.00657. The number of carbonyl (C=O) groups excluding carboxylic acids is 1. The van der Waals surface area contributed by atoms with Crippen LogP contribution in [0.25, 0.3) is 5.52 Å². The number of benzene rings is 1. The molecule has 1 amide bonds. The average molecular weight is 419 g/mol. The zero-order valence-corrected chi connectivity index (χ0v) is 15.1. The van der Waals surface area contributed by atoms with Crippen molar-refractivity contribution in [3.05, 3.63) is 56.7 Å². The molecule has 0 spiro atoms. The van der Waals surface area contributed by atoms with Crippen molar-refractivity contribution in [3.63, 3.8) is 0 Å². The Balaban J connectivity index is 1.44. The fourth-order valence-corrected chi connectivity index (χ4v) is 3.40. The fourth-order valence-electron chi connectivity index (χ4n) is 2.87. The zero-order valence-electron chi connectivity index (χ0n) is 13.6. The molecular weight excluding hydrogens is 404 g/mol. The highest BCUT2D eigenvalue weighted by molar-refractivity contribution is 9.10.